The lowest BCUT2D eigenvalue weighted by molar-refractivity contribution is 0.482. The molecule has 1 heterocycles. The van der Waals surface area contributed by atoms with Gasteiger partial charge in [0.1, 0.15) is 0 Å². The highest BCUT2D eigenvalue weighted by molar-refractivity contribution is 7.85. The molecule has 0 saturated carbocycles. The molecule has 1 aromatic heterocycles. The van der Waals surface area contributed by atoms with Crippen LogP contribution in [0.5, 0.6) is 0 Å². The topological polar surface area (TPSA) is 83.0 Å². The van der Waals surface area contributed by atoms with E-state index in [1.165, 1.54) is 12.4 Å². The Morgan fingerprint density at radius 1 is 1.43 bits per heavy atom. The molecule has 0 aliphatic rings. The molecule has 0 fully saturated rings. The van der Waals surface area contributed by atoms with Gasteiger partial charge in [0.2, 0.25) is 0 Å². The largest absolute Gasteiger partial charge is 0.345 e. The van der Waals surface area contributed by atoms with Crippen LogP contribution in [-0.4, -0.2) is 22.9 Å². The van der Waals surface area contributed by atoms with Crippen LogP contribution in [0.4, 0.5) is 0 Å². The lowest BCUT2D eigenvalue weighted by Gasteiger charge is -2.01. The van der Waals surface area contributed by atoms with Crippen LogP contribution in [0.2, 0.25) is 0 Å². The lowest BCUT2D eigenvalue weighted by atomic mass is 10.2. The van der Waals surface area contributed by atoms with Crippen molar-refractivity contribution in [3.8, 4) is 0 Å². The molecule has 6 heteroatoms. The number of H-pyrrole nitrogens is 1. The standard InChI is InChI=1S/C8H8N2O3S/c1-5-2-6-7(10-4-9-6)3-8(5)14(11,12)13/h2-4H,1H3,(H,9,10)(H,11,12,13). The van der Waals surface area contributed by atoms with Crippen LogP contribution in [0, 0.1) is 6.92 Å². The number of hydrogen-bond acceptors (Lipinski definition) is 3. The van der Waals surface area contributed by atoms with Gasteiger partial charge >= 0.3 is 0 Å². The number of nitrogens with one attached hydrogen (secondary N) is 1. The molecule has 2 aromatic rings. The minimum absolute atomic E-state index is 0.0999. The highest BCUT2D eigenvalue weighted by Crippen LogP contribution is 2.20. The summed E-state index contributed by atoms with van der Waals surface area (Å²) in [6, 6.07) is 2.97. The molecule has 0 unspecified atom stereocenters. The van der Waals surface area contributed by atoms with Gasteiger partial charge in [-0.15, -0.1) is 0 Å². The first kappa shape index (κ1) is 9.17. The Morgan fingerprint density at radius 2 is 2.14 bits per heavy atom. The molecule has 0 bridgehead atoms. The lowest BCUT2D eigenvalue weighted by Crippen LogP contribution is -2.00. The number of aryl methyl sites for hydroxylation is 1. The maximum atomic E-state index is 10.9. The van der Waals surface area contributed by atoms with Crippen molar-refractivity contribution in [3.63, 3.8) is 0 Å². The zero-order chi connectivity index (χ0) is 10.3. The fourth-order valence-electron chi connectivity index (χ4n) is 1.35. The smallest absolute Gasteiger partial charge is 0.294 e. The molecule has 0 saturated heterocycles. The summed E-state index contributed by atoms with van der Waals surface area (Å²) in [6.45, 7) is 1.61. The third kappa shape index (κ3) is 1.38. The maximum absolute atomic E-state index is 10.9. The van der Waals surface area contributed by atoms with Crippen molar-refractivity contribution in [1.29, 1.82) is 0 Å². The number of hydrogen-bond donors (Lipinski definition) is 2. The van der Waals surface area contributed by atoms with Gasteiger partial charge in [0.05, 0.1) is 22.3 Å². The predicted molar refractivity (Wildman–Crippen MR) is 50.6 cm³/mol. The van der Waals surface area contributed by atoms with E-state index >= 15 is 0 Å². The number of aromatic nitrogens is 2. The molecule has 0 atom stereocenters. The van der Waals surface area contributed by atoms with Crippen molar-refractivity contribution in [2.45, 2.75) is 11.8 Å². The zero-order valence-electron chi connectivity index (χ0n) is 7.35. The van der Waals surface area contributed by atoms with Crippen molar-refractivity contribution in [2.75, 3.05) is 0 Å². The number of rotatable bonds is 1. The van der Waals surface area contributed by atoms with E-state index in [0.29, 0.717) is 11.1 Å². The summed E-state index contributed by atoms with van der Waals surface area (Å²) in [5.41, 5.74) is 1.75. The Balaban J connectivity index is 2.84. The summed E-state index contributed by atoms with van der Waals surface area (Å²) >= 11 is 0. The Labute approximate surface area is 80.5 Å². The van der Waals surface area contributed by atoms with Gasteiger partial charge in [-0.1, -0.05) is 0 Å². The molecule has 14 heavy (non-hydrogen) atoms. The van der Waals surface area contributed by atoms with Crippen molar-refractivity contribution in [1.82, 2.24) is 9.97 Å². The molecule has 1 aromatic carbocycles. The van der Waals surface area contributed by atoms with Crippen LogP contribution in [0.3, 0.4) is 0 Å². The molecule has 2 N–H and O–H groups in total. The molecule has 0 radical (unpaired) electrons. The molecule has 74 valence electrons. The molecule has 0 amide bonds. The second-order valence-electron chi connectivity index (χ2n) is 3.01. The van der Waals surface area contributed by atoms with E-state index < -0.39 is 10.1 Å². The maximum Gasteiger partial charge on any atom is 0.294 e. The fourth-order valence-corrected chi connectivity index (χ4v) is 2.08. The van der Waals surface area contributed by atoms with Crippen LogP contribution < -0.4 is 0 Å². The summed E-state index contributed by atoms with van der Waals surface area (Å²) < 4.78 is 30.8. The van der Waals surface area contributed by atoms with Crippen LogP contribution in [0.15, 0.2) is 23.4 Å². The van der Waals surface area contributed by atoms with Gasteiger partial charge in [-0.3, -0.25) is 4.55 Å². The van der Waals surface area contributed by atoms with Crippen molar-refractivity contribution in [2.24, 2.45) is 0 Å². The third-order valence-corrected chi connectivity index (χ3v) is 2.99. The first-order valence-corrected chi connectivity index (χ1v) is 5.34. The molecule has 5 nitrogen and oxygen atoms in total. The Kier molecular flexibility index (Phi) is 1.83. The Hall–Kier alpha value is -1.40. The molecule has 0 aliphatic carbocycles. The van der Waals surface area contributed by atoms with E-state index in [-0.39, 0.29) is 4.90 Å². The normalized spacial score (nSPS) is 12.1. The molecule has 2 rings (SSSR count). The van der Waals surface area contributed by atoms with Gasteiger partial charge < -0.3 is 4.98 Å². The molecular weight excluding hydrogens is 204 g/mol. The van der Waals surface area contributed by atoms with Crippen LogP contribution >= 0.6 is 0 Å². The second kappa shape index (κ2) is 2.79. The quantitative estimate of drug-likeness (QED) is 0.694. The van der Waals surface area contributed by atoms with Gasteiger partial charge in [0.15, 0.2) is 0 Å². The van der Waals surface area contributed by atoms with Crippen LogP contribution in [0.1, 0.15) is 5.56 Å². The van der Waals surface area contributed by atoms with E-state index in [4.69, 9.17) is 4.55 Å². The van der Waals surface area contributed by atoms with Gasteiger partial charge in [-0.25, -0.2) is 4.98 Å². The van der Waals surface area contributed by atoms with Gasteiger partial charge in [-0.05, 0) is 24.6 Å². The van der Waals surface area contributed by atoms with Crippen LogP contribution in [0.25, 0.3) is 11.0 Å². The van der Waals surface area contributed by atoms with E-state index in [9.17, 15) is 8.42 Å². The molecular formula is C8H8N2O3S. The average Bonchev–Trinajstić information content (AvgIpc) is 2.47. The van der Waals surface area contributed by atoms with Crippen molar-refractivity contribution in [3.05, 3.63) is 24.0 Å². The number of benzene rings is 1. The van der Waals surface area contributed by atoms with E-state index in [1.54, 1.807) is 13.0 Å². The zero-order valence-corrected chi connectivity index (χ0v) is 8.17. The van der Waals surface area contributed by atoms with E-state index in [0.717, 1.165) is 5.52 Å². The second-order valence-corrected chi connectivity index (χ2v) is 4.40. The van der Waals surface area contributed by atoms with Crippen molar-refractivity contribution < 1.29 is 13.0 Å². The minimum atomic E-state index is -4.16. The molecule has 0 aliphatic heterocycles. The first-order valence-electron chi connectivity index (χ1n) is 3.90. The fraction of sp³-hybridized carbons (Fsp3) is 0.125. The third-order valence-electron chi connectivity index (χ3n) is 1.99. The number of fused-ring (bicyclic) bond motifs is 1. The van der Waals surface area contributed by atoms with E-state index in [2.05, 4.69) is 9.97 Å². The Morgan fingerprint density at radius 3 is 2.79 bits per heavy atom. The number of imidazole rings is 1. The highest BCUT2D eigenvalue weighted by Gasteiger charge is 2.14. The van der Waals surface area contributed by atoms with Gasteiger partial charge in [0, 0.05) is 0 Å². The minimum Gasteiger partial charge on any atom is -0.345 e. The molecule has 0 spiro atoms. The van der Waals surface area contributed by atoms with Crippen molar-refractivity contribution >= 4 is 21.2 Å². The van der Waals surface area contributed by atoms with E-state index in [1.807, 2.05) is 0 Å². The summed E-state index contributed by atoms with van der Waals surface area (Å²) in [4.78, 5) is 6.65. The highest BCUT2D eigenvalue weighted by atomic mass is 32.2. The summed E-state index contributed by atoms with van der Waals surface area (Å²) in [7, 11) is -4.16. The first-order chi connectivity index (χ1) is 6.48. The van der Waals surface area contributed by atoms with Gasteiger partial charge in [0.25, 0.3) is 10.1 Å². The van der Waals surface area contributed by atoms with Crippen LogP contribution in [-0.2, 0) is 10.1 Å². The summed E-state index contributed by atoms with van der Waals surface area (Å²) in [5, 5.41) is 0. The monoisotopic (exact) mass is 212 g/mol. The Bertz CT molecular complexity index is 586. The number of nitrogens with zero attached hydrogens (tertiary/aromatic N) is 1. The number of aromatic amines is 1. The van der Waals surface area contributed by atoms with Gasteiger partial charge in [-0.2, -0.15) is 8.42 Å². The summed E-state index contributed by atoms with van der Waals surface area (Å²) in [5.74, 6) is 0. The summed E-state index contributed by atoms with van der Waals surface area (Å²) in [6.07, 6.45) is 1.47. The SMILES string of the molecule is Cc1cc2[nH]cnc2cc1S(=O)(=O)O. The average molecular weight is 212 g/mol. The predicted octanol–water partition coefficient (Wildman–Crippen LogP) is 1.12.